The van der Waals surface area contributed by atoms with Gasteiger partial charge in [0.05, 0.1) is 6.04 Å². The number of carbonyl (C=O) groups is 2. The van der Waals surface area contributed by atoms with Crippen molar-refractivity contribution in [1.29, 1.82) is 0 Å². The number of nitrogens with zero attached hydrogens (tertiary/aromatic N) is 1. The maximum atomic E-state index is 12.4. The van der Waals surface area contributed by atoms with E-state index in [1.165, 1.54) is 0 Å². The van der Waals surface area contributed by atoms with E-state index in [0.29, 0.717) is 24.4 Å². The molecule has 0 radical (unpaired) electrons. The number of halogens is 1. The van der Waals surface area contributed by atoms with Crippen LogP contribution in [0.25, 0.3) is 0 Å². The third-order valence-electron chi connectivity index (χ3n) is 3.60. The third-order valence-corrected chi connectivity index (χ3v) is 3.84. The average molecular weight is 311 g/mol. The molecule has 5 nitrogen and oxygen atoms in total. The minimum Gasteiger partial charge on any atom is -0.480 e. The molecule has 6 heteroatoms. The van der Waals surface area contributed by atoms with Gasteiger partial charge in [-0.25, -0.2) is 0 Å². The van der Waals surface area contributed by atoms with E-state index in [-0.39, 0.29) is 5.91 Å². The van der Waals surface area contributed by atoms with Crippen molar-refractivity contribution in [3.8, 4) is 0 Å². The molecule has 1 saturated heterocycles. The van der Waals surface area contributed by atoms with Crippen molar-refractivity contribution in [2.45, 2.75) is 38.3 Å². The number of rotatable bonds is 6. The first-order chi connectivity index (χ1) is 10.0. The van der Waals surface area contributed by atoms with Gasteiger partial charge in [0.1, 0.15) is 6.04 Å². The van der Waals surface area contributed by atoms with Crippen LogP contribution in [-0.4, -0.2) is 35.6 Å². The van der Waals surface area contributed by atoms with Gasteiger partial charge in [-0.15, -0.1) is 0 Å². The van der Waals surface area contributed by atoms with Gasteiger partial charge in [0.15, 0.2) is 0 Å². The van der Waals surface area contributed by atoms with Crippen LogP contribution >= 0.6 is 11.6 Å². The number of carboxylic acids is 1. The number of amides is 1. The lowest BCUT2D eigenvalue weighted by molar-refractivity contribution is -0.140. The van der Waals surface area contributed by atoms with Crippen LogP contribution in [-0.2, 0) is 9.59 Å². The summed E-state index contributed by atoms with van der Waals surface area (Å²) in [4.78, 5) is 25.2. The SMILES string of the molecule is CCCC(NC1CCN(c2cccc(Cl)c2)C1=O)C(=O)O. The van der Waals surface area contributed by atoms with Crippen molar-refractivity contribution < 1.29 is 14.7 Å². The molecular formula is C15H19ClN2O3. The fraction of sp³-hybridized carbons (Fsp3) is 0.467. The van der Waals surface area contributed by atoms with Gasteiger partial charge in [-0.3, -0.25) is 14.9 Å². The molecule has 2 atom stereocenters. The molecule has 1 aliphatic rings. The van der Waals surface area contributed by atoms with Gasteiger partial charge >= 0.3 is 5.97 Å². The standard InChI is InChI=1S/C15H19ClN2O3/c1-2-4-13(15(20)21)17-12-7-8-18(14(12)19)11-6-3-5-10(16)9-11/h3,5-6,9,12-13,17H,2,4,7-8H2,1H3,(H,20,21). The Morgan fingerprint density at radius 1 is 1.57 bits per heavy atom. The Kier molecular flexibility index (Phi) is 5.20. The van der Waals surface area contributed by atoms with Crippen molar-refractivity contribution in [3.63, 3.8) is 0 Å². The molecule has 0 aliphatic carbocycles. The Morgan fingerprint density at radius 2 is 2.33 bits per heavy atom. The van der Waals surface area contributed by atoms with Crippen molar-refractivity contribution >= 4 is 29.2 Å². The normalized spacial score (nSPS) is 19.8. The van der Waals surface area contributed by atoms with Crippen LogP contribution in [0.3, 0.4) is 0 Å². The zero-order valence-electron chi connectivity index (χ0n) is 11.9. The molecule has 2 rings (SSSR count). The fourth-order valence-corrected chi connectivity index (χ4v) is 2.73. The largest absolute Gasteiger partial charge is 0.480 e. The van der Waals surface area contributed by atoms with Gasteiger partial charge in [0.25, 0.3) is 0 Å². The summed E-state index contributed by atoms with van der Waals surface area (Å²) in [5.41, 5.74) is 0.749. The van der Waals surface area contributed by atoms with E-state index in [4.69, 9.17) is 16.7 Å². The molecule has 114 valence electrons. The molecule has 21 heavy (non-hydrogen) atoms. The van der Waals surface area contributed by atoms with E-state index in [2.05, 4.69) is 5.32 Å². The highest BCUT2D eigenvalue weighted by atomic mass is 35.5. The van der Waals surface area contributed by atoms with Gasteiger partial charge in [-0.05, 0) is 31.0 Å². The van der Waals surface area contributed by atoms with E-state index in [9.17, 15) is 9.59 Å². The Balaban J connectivity index is 2.06. The predicted molar refractivity (Wildman–Crippen MR) is 81.7 cm³/mol. The molecule has 2 N–H and O–H groups in total. The summed E-state index contributed by atoms with van der Waals surface area (Å²) in [6.45, 7) is 2.49. The van der Waals surface area contributed by atoms with Gasteiger partial charge in [0, 0.05) is 17.3 Å². The number of carbonyl (C=O) groups excluding carboxylic acids is 1. The van der Waals surface area contributed by atoms with E-state index >= 15 is 0 Å². The minimum absolute atomic E-state index is 0.0976. The van der Waals surface area contributed by atoms with Crippen molar-refractivity contribution in [3.05, 3.63) is 29.3 Å². The summed E-state index contributed by atoms with van der Waals surface area (Å²) in [5, 5.41) is 12.7. The van der Waals surface area contributed by atoms with E-state index in [1.54, 1.807) is 23.1 Å². The number of hydrogen-bond donors (Lipinski definition) is 2. The molecule has 0 bridgehead atoms. The average Bonchev–Trinajstić information content (AvgIpc) is 2.79. The second kappa shape index (κ2) is 6.91. The fourth-order valence-electron chi connectivity index (χ4n) is 2.54. The first kappa shape index (κ1) is 15.8. The number of carboxylic acid groups (broad SMARTS) is 1. The van der Waals surface area contributed by atoms with E-state index < -0.39 is 18.1 Å². The second-order valence-corrected chi connectivity index (χ2v) is 5.59. The van der Waals surface area contributed by atoms with Crippen LogP contribution < -0.4 is 10.2 Å². The Labute approximate surface area is 128 Å². The smallest absolute Gasteiger partial charge is 0.320 e. The van der Waals surface area contributed by atoms with Crippen molar-refractivity contribution in [2.75, 3.05) is 11.4 Å². The molecular weight excluding hydrogens is 292 g/mol. The molecule has 1 amide bonds. The molecule has 1 heterocycles. The highest BCUT2D eigenvalue weighted by Gasteiger charge is 2.35. The first-order valence-corrected chi connectivity index (χ1v) is 7.46. The lowest BCUT2D eigenvalue weighted by Crippen LogP contribution is -2.47. The van der Waals surface area contributed by atoms with E-state index in [1.807, 2.05) is 13.0 Å². The van der Waals surface area contributed by atoms with Crippen LogP contribution in [0.4, 0.5) is 5.69 Å². The number of aliphatic carboxylic acids is 1. The zero-order valence-corrected chi connectivity index (χ0v) is 12.6. The number of benzene rings is 1. The summed E-state index contributed by atoms with van der Waals surface area (Å²) in [7, 11) is 0. The van der Waals surface area contributed by atoms with Gasteiger partial charge in [-0.2, -0.15) is 0 Å². The van der Waals surface area contributed by atoms with Gasteiger partial charge in [0.2, 0.25) is 5.91 Å². The summed E-state index contributed by atoms with van der Waals surface area (Å²) in [5.74, 6) is -1.01. The lowest BCUT2D eigenvalue weighted by Gasteiger charge is -2.20. The predicted octanol–water partition coefficient (Wildman–Crippen LogP) is 2.29. The Hall–Kier alpha value is -1.59. The van der Waals surface area contributed by atoms with Crippen LogP contribution in [0.15, 0.2) is 24.3 Å². The molecule has 0 saturated carbocycles. The quantitative estimate of drug-likeness (QED) is 0.846. The maximum Gasteiger partial charge on any atom is 0.320 e. The molecule has 1 aromatic carbocycles. The maximum absolute atomic E-state index is 12.4. The second-order valence-electron chi connectivity index (χ2n) is 5.16. The van der Waals surface area contributed by atoms with Crippen LogP contribution in [0, 0.1) is 0 Å². The van der Waals surface area contributed by atoms with E-state index in [0.717, 1.165) is 12.1 Å². The summed E-state index contributed by atoms with van der Waals surface area (Å²) in [6, 6.07) is 5.99. The summed E-state index contributed by atoms with van der Waals surface area (Å²) >= 11 is 5.94. The minimum atomic E-state index is -0.911. The first-order valence-electron chi connectivity index (χ1n) is 7.08. The molecule has 0 aromatic heterocycles. The molecule has 1 aromatic rings. The van der Waals surface area contributed by atoms with Crippen LogP contribution in [0.2, 0.25) is 5.02 Å². The number of anilines is 1. The Bertz CT molecular complexity index is 535. The highest BCUT2D eigenvalue weighted by Crippen LogP contribution is 2.24. The molecule has 2 unspecified atom stereocenters. The van der Waals surface area contributed by atoms with Crippen LogP contribution in [0.5, 0.6) is 0 Å². The van der Waals surface area contributed by atoms with Gasteiger partial charge < -0.3 is 10.0 Å². The molecule has 1 fully saturated rings. The molecule has 0 spiro atoms. The Morgan fingerprint density at radius 3 is 2.95 bits per heavy atom. The van der Waals surface area contributed by atoms with Crippen molar-refractivity contribution in [2.24, 2.45) is 0 Å². The van der Waals surface area contributed by atoms with Crippen molar-refractivity contribution in [1.82, 2.24) is 5.32 Å². The summed E-state index contributed by atoms with van der Waals surface area (Å²) < 4.78 is 0. The summed E-state index contributed by atoms with van der Waals surface area (Å²) in [6.07, 6.45) is 1.86. The monoisotopic (exact) mass is 310 g/mol. The number of nitrogens with one attached hydrogen (secondary N) is 1. The van der Waals surface area contributed by atoms with Crippen LogP contribution in [0.1, 0.15) is 26.2 Å². The zero-order chi connectivity index (χ0) is 15.4. The highest BCUT2D eigenvalue weighted by molar-refractivity contribution is 6.31. The molecule has 1 aliphatic heterocycles. The van der Waals surface area contributed by atoms with Gasteiger partial charge in [-0.1, -0.05) is 31.0 Å². The number of hydrogen-bond acceptors (Lipinski definition) is 3. The topological polar surface area (TPSA) is 69.6 Å². The lowest BCUT2D eigenvalue weighted by atomic mass is 10.1. The third kappa shape index (κ3) is 3.74.